The van der Waals surface area contributed by atoms with E-state index < -0.39 is 0 Å². The van der Waals surface area contributed by atoms with Gasteiger partial charge in [-0.05, 0) is 39.8 Å². The predicted octanol–water partition coefficient (Wildman–Crippen LogP) is 2.52. The topological polar surface area (TPSA) is 81.4 Å². The monoisotopic (exact) mass is 352 g/mol. The van der Waals surface area contributed by atoms with Crippen LogP contribution in [0.15, 0.2) is 65.7 Å². The fourth-order valence-electron chi connectivity index (χ4n) is 2.53. The van der Waals surface area contributed by atoms with Gasteiger partial charge in [0.05, 0.1) is 18.4 Å². The maximum absolute atomic E-state index is 12.5. The second kappa shape index (κ2) is 6.37. The van der Waals surface area contributed by atoms with Gasteiger partial charge in [0.1, 0.15) is 0 Å². The van der Waals surface area contributed by atoms with Crippen molar-refractivity contribution in [3.05, 3.63) is 82.0 Å². The second-order valence-electron chi connectivity index (χ2n) is 5.46. The molecule has 4 aromatic rings. The normalized spacial score (nSPS) is 10.9. The van der Waals surface area contributed by atoms with E-state index in [0.717, 1.165) is 16.7 Å². The Bertz CT molecular complexity index is 1050. The van der Waals surface area contributed by atoms with Crippen molar-refractivity contribution in [2.75, 3.05) is 0 Å². The maximum atomic E-state index is 12.5. The third kappa shape index (κ3) is 2.97. The van der Waals surface area contributed by atoms with Crippen molar-refractivity contribution in [1.29, 1.82) is 0 Å². The van der Waals surface area contributed by atoms with E-state index in [4.69, 9.17) is 11.6 Å². The number of H-pyrrole nitrogens is 1. The van der Waals surface area contributed by atoms with E-state index in [1.165, 1.54) is 9.36 Å². The first-order chi connectivity index (χ1) is 12.2. The summed E-state index contributed by atoms with van der Waals surface area (Å²) in [5.41, 5.74) is 3.10. The van der Waals surface area contributed by atoms with Crippen LogP contribution in [0.4, 0.5) is 0 Å². The van der Waals surface area contributed by atoms with E-state index in [0.29, 0.717) is 10.7 Å². The summed E-state index contributed by atoms with van der Waals surface area (Å²) in [4.78, 5) is 12.5. The average Bonchev–Trinajstić information content (AvgIpc) is 3.28. The van der Waals surface area contributed by atoms with Gasteiger partial charge in [0, 0.05) is 16.8 Å². The molecule has 2 aromatic carbocycles. The largest absolute Gasteiger partial charge is 0.368 e. The second-order valence-corrected chi connectivity index (χ2v) is 5.86. The van der Waals surface area contributed by atoms with Gasteiger partial charge in [-0.2, -0.15) is 14.5 Å². The molecule has 0 aliphatic carbocycles. The molecule has 1 N–H and O–H groups in total. The van der Waals surface area contributed by atoms with E-state index in [9.17, 15) is 4.79 Å². The lowest BCUT2D eigenvalue weighted by atomic mass is 10.1. The average molecular weight is 353 g/mol. The van der Waals surface area contributed by atoms with Gasteiger partial charge in [-0.25, -0.2) is 4.79 Å². The van der Waals surface area contributed by atoms with Gasteiger partial charge in [0.2, 0.25) is 0 Å². The molecule has 8 heteroatoms. The van der Waals surface area contributed by atoms with E-state index in [1.807, 2.05) is 42.5 Å². The zero-order valence-corrected chi connectivity index (χ0v) is 13.8. The number of rotatable bonds is 4. The molecule has 0 saturated heterocycles. The summed E-state index contributed by atoms with van der Waals surface area (Å²) in [5, 5.41) is 15.2. The molecule has 4 rings (SSSR count). The van der Waals surface area contributed by atoms with Crippen LogP contribution in [0.2, 0.25) is 5.02 Å². The third-order valence-corrected chi connectivity index (χ3v) is 4.23. The number of benzene rings is 2. The molecule has 25 heavy (non-hydrogen) atoms. The van der Waals surface area contributed by atoms with Crippen molar-refractivity contribution in [2.24, 2.45) is 0 Å². The highest BCUT2D eigenvalue weighted by Crippen LogP contribution is 2.19. The molecule has 0 aliphatic heterocycles. The summed E-state index contributed by atoms with van der Waals surface area (Å²) in [6.07, 6.45) is 3.54. The molecule has 0 radical (unpaired) electrons. The van der Waals surface area contributed by atoms with Gasteiger partial charge in [-0.15, -0.1) is 0 Å². The number of aromatic nitrogens is 6. The molecule has 124 valence electrons. The van der Waals surface area contributed by atoms with Crippen LogP contribution < -0.4 is 5.69 Å². The number of aromatic amines is 1. The number of nitrogens with zero attached hydrogens (tertiary/aromatic N) is 5. The Labute approximate surface area is 147 Å². The lowest BCUT2D eigenvalue weighted by Gasteiger charge is -2.02. The van der Waals surface area contributed by atoms with Gasteiger partial charge in [-0.3, -0.25) is 5.10 Å². The number of hydrogen-bond donors (Lipinski definition) is 1. The molecule has 0 amide bonds. The maximum Gasteiger partial charge on any atom is 0.368 e. The first kappa shape index (κ1) is 15.3. The van der Waals surface area contributed by atoms with Gasteiger partial charge >= 0.3 is 5.69 Å². The van der Waals surface area contributed by atoms with Crippen molar-refractivity contribution in [3.63, 3.8) is 0 Å². The Kier molecular flexibility index (Phi) is 3.91. The van der Waals surface area contributed by atoms with Crippen LogP contribution in [0, 0.1) is 0 Å². The molecule has 0 atom stereocenters. The molecule has 0 fully saturated rings. The van der Waals surface area contributed by atoms with Crippen LogP contribution in [-0.2, 0) is 6.54 Å². The number of nitrogens with one attached hydrogen (secondary N) is 1. The zero-order valence-electron chi connectivity index (χ0n) is 13.0. The molecule has 2 heterocycles. The fourth-order valence-corrected chi connectivity index (χ4v) is 2.72. The summed E-state index contributed by atoms with van der Waals surface area (Å²) in [6.45, 7) is 0.269. The van der Waals surface area contributed by atoms with E-state index >= 15 is 0 Å². The molecule has 7 nitrogen and oxygen atoms in total. The van der Waals surface area contributed by atoms with Gasteiger partial charge in [0.25, 0.3) is 0 Å². The molecular weight excluding hydrogens is 340 g/mol. The number of tetrazole rings is 1. The van der Waals surface area contributed by atoms with Gasteiger partial charge < -0.3 is 0 Å². The van der Waals surface area contributed by atoms with Crippen LogP contribution >= 0.6 is 11.6 Å². The van der Waals surface area contributed by atoms with E-state index in [-0.39, 0.29) is 12.2 Å². The Hall–Kier alpha value is -3.19. The SMILES string of the molecule is O=c1n(Cc2ccccc2Cl)nnn1-c1ccc(-c2cn[nH]c2)cc1. The first-order valence-electron chi connectivity index (χ1n) is 7.58. The zero-order chi connectivity index (χ0) is 17.2. The van der Waals surface area contributed by atoms with Gasteiger partial charge in [0.15, 0.2) is 0 Å². The Morgan fingerprint density at radius 2 is 1.80 bits per heavy atom. The highest BCUT2D eigenvalue weighted by atomic mass is 35.5. The molecule has 0 spiro atoms. The van der Waals surface area contributed by atoms with Crippen molar-refractivity contribution in [2.45, 2.75) is 6.54 Å². The van der Waals surface area contributed by atoms with Crippen molar-refractivity contribution in [1.82, 2.24) is 30.0 Å². The lowest BCUT2D eigenvalue weighted by Crippen LogP contribution is -2.24. The molecule has 0 saturated carbocycles. The third-order valence-electron chi connectivity index (χ3n) is 3.86. The minimum atomic E-state index is -0.323. The minimum Gasteiger partial charge on any atom is -0.285 e. The summed E-state index contributed by atoms with van der Waals surface area (Å²) in [6, 6.07) is 14.8. The first-order valence-corrected chi connectivity index (χ1v) is 7.96. The van der Waals surface area contributed by atoms with Crippen LogP contribution in [-0.4, -0.2) is 30.0 Å². The number of halogens is 1. The highest BCUT2D eigenvalue weighted by molar-refractivity contribution is 6.31. The van der Waals surface area contributed by atoms with Crippen LogP contribution in [0.5, 0.6) is 0 Å². The molecule has 0 aliphatic rings. The summed E-state index contributed by atoms with van der Waals surface area (Å²) in [5.74, 6) is 0. The van der Waals surface area contributed by atoms with E-state index in [2.05, 4.69) is 20.6 Å². The highest BCUT2D eigenvalue weighted by Gasteiger charge is 2.11. The summed E-state index contributed by atoms with van der Waals surface area (Å²) < 4.78 is 2.54. The standard InChI is InChI=1S/C17H13ClN6O/c18-16-4-2-1-3-13(16)11-23-17(25)24(22-21-23)15-7-5-12(6-8-15)14-9-19-20-10-14/h1-10H,11H2,(H,19,20). The van der Waals surface area contributed by atoms with Crippen molar-refractivity contribution >= 4 is 11.6 Å². The van der Waals surface area contributed by atoms with Crippen LogP contribution in [0.3, 0.4) is 0 Å². The quantitative estimate of drug-likeness (QED) is 0.612. The molecular formula is C17H13ClN6O. The molecule has 0 bridgehead atoms. The van der Waals surface area contributed by atoms with Crippen molar-refractivity contribution in [3.8, 4) is 16.8 Å². The Balaban J connectivity index is 1.63. The smallest absolute Gasteiger partial charge is 0.285 e. The van der Waals surface area contributed by atoms with Crippen LogP contribution in [0.25, 0.3) is 16.8 Å². The summed E-state index contributed by atoms with van der Waals surface area (Å²) in [7, 11) is 0. The Morgan fingerprint density at radius 3 is 2.52 bits per heavy atom. The molecule has 2 aromatic heterocycles. The number of hydrogen-bond acceptors (Lipinski definition) is 4. The lowest BCUT2D eigenvalue weighted by molar-refractivity contribution is 0.632. The van der Waals surface area contributed by atoms with E-state index in [1.54, 1.807) is 18.5 Å². The van der Waals surface area contributed by atoms with Crippen molar-refractivity contribution < 1.29 is 0 Å². The summed E-state index contributed by atoms with van der Waals surface area (Å²) >= 11 is 6.14. The van der Waals surface area contributed by atoms with Crippen LogP contribution in [0.1, 0.15) is 5.56 Å². The minimum absolute atomic E-state index is 0.269. The Morgan fingerprint density at radius 1 is 1.00 bits per heavy atom. The van der Waals surface area contributed by atoms with Gasteiger partial charge in [-0.1, -0.05) is 41.9 Å². The predicted molar refractivity (Wildman–Crippen MR) is 93.8 cm³/mol. The molecule has 0 unspecified atom stereocenters. The fraction of sp³-hybridized carbons (Fsp3) is 0.0588.